The van der Waals surface area contributed by atoms with Gasteiger partial charge in [0.25, 0.3) is 0 Å². The summed E-state index contributed by atoms with van der Waals surface area (Å²) in [5.74, 6) is 0.535. The van der Waals surface area contributed by atoms with Gasteiger partial charge in [0.15, 0.2) is 0 Å². The number of aliphatic hydroxyl groups excluding tert-OH is 4. The third-order valence-corrected chi connectivity index (χ3v) is 4.03. The van der Waals surface area contributed by atoms with Crippen molar-refractivity contribution in [2.24, 2.45) is 0 Å². The van der Waals surface area contributed by atoms with E-state index in [1.807, 2.05) is 39.8 Å². The van der Waals surface area contributed by atoms with Crippen molar-refractivity contribution >= 4 is 0 Å². The van der Waals surface area contributed by atoms with Crippen molar-refractivity contribution in [2.45, 2.75) is 63.8 Å². The highest BCUT2D eigenvalue weighted by atomic mass is 16.7. The largest absolute Gasteiger partial charge is 0.462 e. The van der Waals surface area contributed by atoms with Crippen LogP contribution in [0.25, 0.3) is 0 Å². The lowest BCUT2D eigenvalue weighted by molar-refractivity contribution is -0.277. The average molecular weight is 326 g/mol. The Bertz CT molecular complexity index is 536. The topological polar surface area (TPSA) is 99.4 Å². The van der Waals surface area contributed by atoms with E-state index in [0.29, 0.717) is 5.75 Å². The monoisotopic (exact) mass is 326 g/mol. The molecule has 1 aromatic rings. The smallest absolute Gasteiger partial charge is 0.229 e. The van der Waals surface area contributed by atoms with E-state index in [1.54, 1.807) is 6.07 Å². The highest BCUT2D eigenvalue weighted by Gasteiger charge is 2.45. The molecule has 0 aliphatic carbocycles. The number of hydrogen-bond acceptors (Lipinski definition) is 6. The van der Waals surface area contributed by atoms with Crippen LogP contribution in [0.2, 0.25) is 0 Å². The molecule has 1 saturated heterocycles. The van der Waals surface area contributed by atoms with Gasteiger partial charge in [0, 0.05) is 0 Å². The second kappa shape index (κ2) is 6.75. The van der Waals surface area contributed by atoms with Crippen molar-refractivity contribution in [1.82, 2.24) is 0 Å². The van der Waals surface area contributed by atoms with Crippen molar-refractivity contribution in [2.75, 3.05) is 6.61 Å². The fraction of sp³-hybridized carbons (Fsp3) is 0.647. The van der Waals surface area contributed by atoms with Gasteiger partial charge in [0.2, 0.25) is 6.29 Å². The van der Waals surface area contributed by atoms with Crippen LogP contribution in [0.15, 0.2) is 18.2 Å². The summed E-state index contributed by atoms with van der Waals surface area (Å²) in [5.41, 5.74) is 1.83. The maximum atomic E-state index is 10.1. The molecule has 1 aliphatic rings. The molecular weight excluding hydrogens is 300 g/mol. The zero-order valence-corrected chi connectivity index (χ0v) is 13.9. The van der Waals surface area contributed by atoms with E-state index in [-0.39, 0.29) is 5.41 Å². The molecule has 0 radical (unpaired) electrons. The molecule has 130 valence electrons. The van der Waals surface area contributed by atoms with E-state index in [1.165, 1.54) is 0 Å². The lowest BCUT2D eigenvalue weighted by atomic mass is 9.85. The maximum absolute atomic E-state index is 10.1. The Balaban J connectivity index is 2.28. The van der Waals surface area contributed by atoms with Gasteiger partial charge in [-0.25, -0.2) is 0 Å². The van der Waals surface area contributed by atoms with Crippen LogP contribution in [0.4, 0.5) is 0 Å². The number of aliphatic hydroxyl groups is 4. The summed E-state index contributed by atoms with van der Waals surface area (Å²) in [7, 11) is 0. The van der Waals surface area contributed by atoms with Crippen LogP contribution in [-0.2, 0) is 10.2 Å². The van der Waals surface area contributed by atoms with E-state index in [9.17, 15) is 20.4 Å². The Morgan fingerprint density at radius 1 is 1.09 bits per heavy atom. The molecule has 1 aromatic carbocycles. The Kier molecular flexibility index (Phi) is 5.33. The highest BCUT2D eigenvalue weighted by molar-refractivity contribution is 5.41. The molecule has 23 heavy (non-hydrogen) atoms. The van der Waals surface area contributed by atoms with Crippen molar-refractivity contribution in [3.63, 3.8) is 0 Å². The predicted molar refractivity (Wildman–Crippen MR) is 84.3 cm³/mol. The summed E-state index contributed by atoms with van der Waals surface area (Å²) < 4.78 is 11.2. The van der Waals surface area contributed by atoms with E-state index >= 15 is 0 Å². The number of ether oxygens (including phenoxy) is 2. The summed E-state index contributed by atoms with van der Waals surface area (Å²) in [6, 6.07) is 5.67. The maximum Gasteiger partial charge on any atom is 0.229 e. The molecule has 2 rings (SSSR count). The average Bonchev–Trinajstić information content (AvgIpc) is 2.48. The van der Waals surface area contributed by atoms with Crippen LogP contribution in [0.1, 0.15) is 31.9 Å². The first-order valence-corrected chi connectivity index (χ1v) is 7.73. The molecule has 0 spiro atoms. The van der Waals surface area contributed by atoms with Crippen molar-refractivity contribution in [3.05, 3.63) is 29.3 Å². The van der Waals surface area contributed by atoms with Gasteiger partial charge in [0.1, 0.15) is 30.2 Å². The fourth-order valence-electron chi connectivity index (χ4n) is 2.62. The summed E-state index contributed by atoms with van der Waals surface area (Å²) >= 11 is 0. The minimum atomic E-state index is -1.45. The third kappa shape index (κ3) is 3.84. The van der Waals surface area contributed by atoms with Crippen LogP contribution in [0.5, 0.6) is 5.75 Å². The normalized spacial score (nSPS) is 31.9. The number of aryl methyl sites for hydroxylation is 1. The Labute approximate surface area is 136 Å². The summed E-state index contributed by atoms with van der Waals surface area (Å²) in [6.45, 7) is 7.63. The highest BCUT2D eigenvalue weighted by Crippen LogP contribution is 2.34. The van der Waals surface area contributed by atoms with Crippen LogP contribution in [0.3, 0.4) is 0 Å². The fourth-order valence-corrected chi connectivity index (χ4v) is 2.62. The number of benzene rings is 1. The van der Waals surface area contributed by atoms with Gasteiger partial charge >= 0.3 is 0 Å². The van der Waals surface area contributed by atoms with Gasteiger partial charge in [-0.05, 0) is 24.0 Å². The Morgan fingerprint density at radius 2 is 1.74 bits per heavy atom. The van der Waals surface area contributed by atoms with Crippen molar-refractivity contribution in [3.8, 4) is 5.75 Å². The molecule has 5 atom stereocenters. The minimum Gasteiger partial charge on any atom is -0.462 e. The van der Waals surface area contributed by atoms with Crippen LogP contribution < -0.4 is 4.74 Å². The molecular formula is C17H26O6. The second-order valence-corrected chi connectivity index (χ2v) is 7.06. The number of rotatable bonds is 3. The summed E-state index contributed by atoms with van der Waals surface area (Å²) in [6.07, 6.45) is -6.41. The minimum absolute atomic E-state index is 0.185. The van der Waals surface area contributed by atoms with Crippen molar-refractivity contribution in [1.29, 1.82) is 0 Å². The summed E-state index contributed by atoms with van der Waals surface area (Å²) in [4.78, 5) is 0. The molecule has 0 unspecified atom stereocenters. The molecule has 1 aliphatic heterocycles. The molecule has 4 N–H and O–H groups in total. The van der Waals surface area contributed by atoms with Crippen LogP contribution in [0, 0.1) is 6.92 Å². The number of hydrogen-bond donors (Lipinski definition) is 4. The van der Waals surface area contributed by atoms with E-state index < -0.39 is 37.3 Å². The van der Waals surface area contributed by atoms with Crippen LogP contribution in [-0.4, -0.2) is 57.7 Å². The molecule has 0 aromatic heterocycles. The predicted octanol–water partition coefficient (Wildman–Crippen LogP) is 0.471. The Hall–Kier alpha value is -1.18. The van der Waals surface area contributed by atoms with Gasteiger partial charge in [0.05, 0.1) is 6.61 Å². The SMILES string of the molecule is Cc1ccc(O[C@@H]2O[C@H](CO)[C@H](O)[C@@H](O)[C@@H]2O)c(C(C)(C)C)c1. The molecule has 1 heterocycles. The zero-order chi connectivity index (χ0) is 17.4. The van der Waals surface area contributed by atoms with Gasteiger partial charge in [-0.2, -0.15) is 0 Å². The van der Waals surface area contributed by atoms with Gasteiger partial charge in [-0.15, -0.1) is 0 Å². The lowest BCUT2D eigenvalue weighted by Crippen LogP contribution is -2.60. The second-order valence-electron chi connectivity index (χ2n) is 7.06. The standard InChI is InChI=1S/C17H26O6/c1-9-5-6-11(10(7-9)17(2,3)4)22-16-15(21)14(20)13(19)12(8-18)23-16/h5-7,12-16,18-21H,8H2,1-4H3/t12-,13+,14-,15+,16-/m1/s1. The molecule has 6 heteroatoms. The van der Waals surface area contributed by atoms with E-state index in [2.05, 4.69) is 0 Å². The Morgan fingerprint density at radius 3 is 2.30 bits per heavy atom. The van der Waals surface area contributed by atoms with Crippen LogP contribution >= 0.6 is 0 Å². The van der Waals surface area contributed by atoms with E-state index in [4.69, 9.17) is 9.47 Å². The molecule has 1 fully saturated rings. The quantitative estimate of drug-likeness (QED) is 0.644. The zero-order valence-electron chi connectivity index (χ0n) is 13.9. The van der Waals surface area contributed by atoms with E-state index in [0.717, 1.165) is 11.1 Å². The molecule has 0 amide bonds. The summed E-state index contributed by atoms with van der Waals surface area (Å²) in [5, 5.41) is 39.0. The third-order valence-electron chi connectivity index (χ3n) is 4.03. The van der Waals surface area contributed by atoms with Gasteiger partial charge in [-0.3, -0.25) is 0 Å². The van der Waals surface area contributed by atoms with Crippen molar-refractivity contribution < 1.29 is 29.9 Å². The molecule has 6 nitrogen and oxygen atoms in total. The first-order valence-electron chi connectivity index (χ1n) is 7.73. The van der Waals surface area contributed by atoms with Gasteiger partial charge in [-0.1, -0.05) is 38.5 Å². The lowest BCUT2D eigenvalue weighted by Gasteiger charge is -2.40. The molecule has 0 bridgehead atoms. The van der Waals surface area contributed by atoms with Gasteiger partial charge < -0.3 is 29.9 Å². The molecule has 0 saturated carbocycles. The first-order chi connectivity index (χ1) is 10.6. The first kappa shape index (κ1) is 18.2.